The van der Waals surface area contributed by atoms with E-state index < -0.39 is 11.8 Å². The molecule has 2 aromatic carbocycles. The fraction of sp³-hybridized carbons (Fsp3) is 0.0556. The molecule has 0 aliphatic heterocycles. The number of carbonyl (C=O) groups excluding carboxylic acids is 2. The summed E-state index contributed by atoms with van der Waals surface area (Å²) in [7, 11) is 0. The summed E-state index contributed by atoms with van der Waals surface area (Å²) >= 11 is 11.8. The number of anilines is 1. The molecular formula is C18H15Cl2N3O2. The average molecular weight is 376 g/mol. The minimum Gasteiger partial charge on any atom is -0.316 e. The van der Waals surface area contributed by atoms with Crippen molar-refractivity contribution in [2.45, 2.75) is 6.92 Å². The number of benzene rings is 2. The lowest BCUT2D eigenvalue weighted by Gasteiger charge is -2.06. The molecule has 2 rings (SSSR count). The number of nitrogens with zero attached hydrogens (tertiary/aromatic N) is 1. The van der Waals surface area contributed by atoms with Crippen molar-refractivity contribution in [2.24, 2.45) is 5.10 Å². The smallest absolute Gasteiger partial charge is 0.316 e. The Labute approximate surface area is 155 Å². The van der Waals surface area contributed by atoms with Crippen LogP contribution in [-0.2, 0) is 9.59 Å². The second-order valence-electron chi connectivity index (χ2n) is 5.05. The van der Waals surface area contributed by atoms with Crippen LogP contribution in [0.2, 0.25) is 10.0 Å². The molecule has 0 aliphatic rings. The van der Waals surface area contributed by atoms with Gasteiger partial charge in [0.25, 0.3) is 0 Å². The molecule has 5 nitrogen and oxygen atoms in total. The number of hydrogen-bond donors (Lipinski definition) is 2. The first kappa shape index (κ1) is 18.7. The highest BCUT2D eigenvalue weighted by molar-refractivity contribution is 6.45. The molecule has 0 heterocycles. The highest BCUT2D eigenvalue weighted by atomic mass is 35.5. The van der Waals surface area contributed by atoms with Gasteiger partial charge in [0.1, 0.15) is 0 Å². The molecule has 0 atom stereocenters. The van der Waals surface area contributed by atoms with Gasteiger partial charge in [-0.2, -0.15) is 5.10 Å². The average Bonchev–Trinajstić information content (AvgIpc) is 2.59. The minimum atomic E-state index is -0.917. The monoisotopic (exact) mass is 375 g/mol. The van der Waals surface area contributed by atoms with Gasteiger partial charge in [-0.05, 0) is 30.2 Å². The number of hydrogen-bond acceptors (Lipinski definition) is 3. The Morgan fingerprint density at radius 1 is 1.00 bits per heavy atom. The molecular weight excluding hydrogens is 361 g/mol. The predicted octanol–water partition coefficient (Wildman–Crippen LogP) is 4.14. The number of allylic oxidation sites excluding steroid dienone is 1. The van der Waals surface area contributed by atoms with Gasteiger partial charge in [0.15, 0.2) is 0 Å². The van der Waals surface area contributed by atoms with Gasteiger partial charge >= 0.3 is 11.8 Å². The molecule has 128 valence electrons. The number of carbonyl (C=O) groups is 2. The van der Waals surface area contributed by atoms with Crippen LogP contribution < -0.4 is 10.7 Å². The molecule has 2 aromatic rings. The van der Waals surface area contributed by atoms with Gasteiger partial charge in [-0.3, -0.25) is 9.59 Å². The summed E-state index contributed by atoms with van der Waals surface area (Å²) in [6.07, 6.45) is 3.34. The SMILES string of the molecule is CC(C=NNC(=O)C(=O)Nc1cccc(Cl)c1Cl)=Cc1ccccc1. The standard InChI is InChI=1S/C18H15Cl2N3O2/c1-12(10-13-6-3-2-4-7-13)11-21-23-18(25)17(24)22-15-9-5-8-14(19)16(15)20/h2-11H,1H3,(H,22,24)(H,23,25). The molecule has 0 radical (unpaired) electrons. The highest BCUT2D eigenvalue weighted by Gasteiger charge is 2.15. The maximum atomic E-state index is 11.8. The van der Waals surface area contributed by atoms with Crippen LogP contribution in [0.3, 0.4) is 0 Å². The first-order chi connectivity index (χ1) is 12.0. The lowest BCUT2D eigenvalue weighted by Crippen LogP contribution is -2.32. The zero-order valence-corrected chi connectivity index (χ0v) is 14.8. The third-order valence-corrected chi connectivity index (χ3v) is 3.85. The van der Waals surface area contributed by atoms with Crippen LogP contribution in [0.25, 0.3) is 6.08 Å². The summed E-state index contributed by atoms with van der Waals surface area (Å²) in [6.45, 7) is 1.83. The van der Waals surface area contributed by atoms with Crippen molar-refractivity contribution >= 4 is 53.0 Å². The fourth-order valence-corrected chi connectivity index (χ4v) is 2.22. The van der Waals surface area contributed by atoms with Crippen LogP contribution >= 0.6 is 23.2 Å². The summed E-state index contributed by atoms with van der Waals surface area (Å²) in [4.78, 5) is 23.6. The van der Waals surface area contributed by atoms with E-state index in [1.54, 1.807) is 12.1 Å². The maximum absolute atomic E-state index is 11.8. The number of halogens is 2. The van der Waals surface area contributed by atoms with Crippen LogP contribution in [0, 0.1) is 0 Å². The quantitative estimate of drug-likeness (QED) is 0.478. The van der Waals surface area contributed by atoms with E-state index in [0.29, 0.717) is 0 Å². The van der Waals surface area contributed by atoms with Crippen molar-refractivity contribution in [3.8, 4) is 0 Å². The predicted molar refractivity (Wildman–Crippen MR) is 102 cm³/mol. The third-order valence-electron chi connectivity index (χ3n) is 3.03. The molecule has 0 spiro atoms. The number of rotatable bonds is 4. The Balaban J connectivity index is 1.92. The van der Waals surface area contributed by atoms with Gasteiger partial charge in [-0.25, -0.2) is 5.43 Å². The van der Waals surface area contributed by atoms with E-state index in [-0.39, 0.29) is 15.7 Å². The summed E-state index contributed by atoms with van der Waals surface area (Å²) in [5.74, 6) is -1.81. The molecule has 2 N–H and O–H groups in total. The van der Waals surface area contributed by atoms with E-state index in [4.69, 9.17) is 23.2 Å². The second-order valence-corrected chi connectivity index (χ2v) is 5.84. The van der Waals surface area contributed by atoms with Crippen molar-refractivity contribution in [2.75, 3.05) is 5.32 Å². The Bertz CT molecular complexity index is 833. The van der Waals surface area contributed by atoms with Crippen LogP contribution in [0.5, 0.6) is 0 Å². The van der Waals surface area contributed by atoms with E-state index in [1.165, 1.54) is 12.3 Å². The minimum absolute atomic E-state index is 0.162. The van der Waals surface area contributed by atoms with Gasteiger partial charge < -0.3 is 5.32 Å². The van der Waals surface area contributed by atoms with E-state index >= 15 is 0 Å². The first-order valence-corrected chi connectivity index (χ1v) is 8.04. The number of hydrazone groups is 1. The third kappa shape index (κ3) is 5.74. The summed E-state index contributed by atoms with van der Waals surface area (Å²) in [5.41, 5.74) is 4.22. The lowest BCUT2D eigenvalue weighted by molar-refractivity contribution is -0.136. The molecule has 0 unspecified atom stereocenters. The summed E-state index contributed by atoms with van der Waals surface area (Å²) < 4.78 is 0. The van der Waals surface area contributed by atoms with Crippen molar-refractivity contribution < 1.29 is 9.59 Å². The second kappa shape index (κ2) is 9.01. The van der Waals surface area contributed by atoms with Crippen LogP contribution in [0.4, 0.5) is 5.69 Å². The van der Waals surface area contributed by atoms with E-state index in [2.05, 4.69) is 15.8 Å². The van der Waals surface area contributed by atoms with Crippen molar-refractivity contribution in [3.63, 3.8) is 0 Å². The Morgan fingerprint density at radius 2 is 1.72 bits per heavy atom. The molecule has 0 saturated heterocycles. The Hall–Kier alpha value is -2.63. The molecule has 0 saturated carbocycles. The largest absolute Gasteiger partial charge is 0.329 e. The highest BCUT2D eigenvalue weighted by Crippen LogP contribution is 2.29. The molecule has 25 heavy (non-hydrogen) atoms. The topological polar surface area (TPSA) is 70.6 Å². The van der Waals surface area contributed by atoms with Gasteiger partial charge in [-0.15, -0.1) is 0 Å². The molecule has 0 aromatic heterocycles. The van der Waals surface area contributed by atoms with E-state index in [9.17, 15) is 9.59 Å². The first-order valence-electron chi connectivity index (χ1n) is 7.29. The maximum Gasteiger partial charge on any atom is 0.329 e. The van der Waals surface area contributed by atoms with Crippen molar-refractivity contribution in [1.82, 2.24) is 5.43 Å². The van der Waals surface area contributed by atoms with Crippen molar-refractivity contribution in [3.05, 3.63) is 69.7 Å². The van der Waals surface area contributed by atoms with Crippen LogP contribution in [0.1, 0.15) is 12.5 Å². The lowest BCUT2D eigenvalue weighted by atomic mass is 10.1. The fourth-order valence-electron chi connectivity index (χ4n) is 1.87. The number of nitrogens with one attached hydrogen (secondary N) is 2. The Kier molecular flexibility index (Phi) is 6.74. The molecule has 2 amide bonds. The molecule has 7 heteroatoms. The van der Waals surface area contributed by atoms with Crippen LogP contribution in [-0.4, -0.2) is 18.0 Å². The van der Waals surface area contributed by atoms with Crippen LogP contribution in [0.15, 0.2) is 59.2 Å². The molecule has 0 fully saturated rings. The molecule has 0 aliphatic carbocycles. The zero-order valence-electron chi connectivity index (χ0n) is 13.3. The van der Waals surface area contributed by atoms with E-state index in [1.807, 2.05) is 43.3 Å². The van der Waals surface area contributed by atoms with E-state index in [0.717, 1.165) is 11.1 Å². The zero-order chi connectivity index (χ0) is 18.2. The number of amides is 2. The van der Waals surface area contributed by atoms with Gasteiger partial charge in [0.2, 0.25) is 0 Å². The van der Waals surface area contributed by atoms with Gasteiger partial charge in [0, 0.05) is 0 Å². The van der Waals surface area contributed by atoms with Gasteiger partial charge in [-0.1, -0.05) is 65.7 Å². The van der Waals surface area contributed by atoms with Crippen molar-refractivity contribution in [1.29, 1.82) is 0 Å². The van der Waals surface area contributed by atoms with Gasteiger partial charge in [0.05, 0.1) is 21.9 Å². The normalized spacial score (nSPS) is 11.4. The summed E-state index contributed by atoms with van der Waals surface area (Å²) in [5, 5.41) is 6.57. The Morgan fingerprint density at radius 3 is 2.44 bits per heavy atom. The molecule has 0 bridgehead atoms. The summed E-state index contributed by atoms with van der Waals surface area (Å²) in [6, 6.07) is 14.4.